The SMILES string of the molecule is C[C@H]1CN(Cc2cccc(NCc3ccc(CO)o3)c2)C[C@H](C)O1. The van der Waals surface area contributed by atoms with E-state index < -0.39 is 0 Å². The smallest absolute Gasteiger partial charge is 0.129 e. The van der Waals surface area contributed by atoms with Gasteiger partial charge in [0.1, 0.15) is 18.1 Å². The zero-order chi connectivity index (χ0) is 16.9. The van der Waals surface area contributed by atoms with E-state index in [1.165, 1.54) is 5.56 Å². The highest BCUT2D eigenvalue weighted by Gasteiger charge is 2.21. The second-order valence-corrected chi connectivity index (χ2v) is 6.53. The Balaban J connectivity index is 1.57. The normalized spacial score (nSPS) is 21.8. The number of aliphatic hydroxyl groups excluding tert-OH is 1. The molecule has 5 heteroatoms. The highest BCUT2D eigenvalue weighted by molar-refractivity contribution is 5.45. The first-order valence-electron chi connectivity index (χ1n) is 8.51. The maximum absolute atomic E-state index is 9.04. The molecule has 0 unspecified atom stereocenters. The molecule has 1 aliphatic heterocycles. The fourth-order valence-corrected chi connectivity index (χ4v) is 3.24. The molecule has 0 aliphatic carbocycles. The average Bonchev–Trinajstić information content (AvgIpc) is 3.00. The number of nitrogens with zero attached hydrogens (tertiary/aromatic N) is 1. The van der Waals surface area contributed by atoms with Gasteiger partial charge in [-0.2, -0.15) is 0 Å². The Morgan fingerprint density at radius 1 is 1.12 bits per heavy atom. The summed E-state index contributed by atoms with van der Waals surface area (Å²) in [4.78, 5) is 2.44. The molecular formula is C19H26N2O3. The summed E-state index contributed by atoms with van der Waals surface area (Å²) in [6.07, 6.45) is 0.574. The van der Waals surface area contributed by atoms with Crippen molar-refractivity contribution < 1.29 is 14.3 Å². The maximum Gasteiger partial charge on any atom is 0.129 e. The number of furan rings is 1. The number of morpholine rings is 1. The van der Waals surface area contributed by atoms with Crippen LogP contribution in [0.1, 0.15) is 30.9 Å². The van der Waals surface area contributed by atoms with E-state index in [0.29, 0.717) is 12.3 Å². The van der Waals surface area contributed by atoms with Crippen LogP contribution in [0, 0.1) is 0 Å². The molecule has 0 amide bonds. The lowest BCUT2D eigenvalue weighted by Gasteiger charge is -2.35. The van der Waals surface area contributed by atoms with Crippen LogP contribution in [-0.4, -0.2) is 35.3 Å². The average molecular weight is 330 g/mol. The summed E-state index contributed by atoms with van der Waals surface area (Å²) in [6, 6.07) is 12.2. The number of ether oxygens (including phenoxy) is 1. The molecule has 1 saturated heterocycles. The summed E-state index contributed by atoms with van der Waals surface area (Å²) in [5.41, 5.74) is 2.36. The second-order valence-electron chi connectivity index (χ2n) is 6.53. The fraction of sp³-hybridized carbons (Fsp3) is 0.474. The van der Waals surface area contributed by atoms with Crippen molar-refractivity contribution >= 4 is 5.69 Å². The Bertz CT molecular complexity index is 646. The predicted molar refractivity (Wildman–Crippen MR) is 93.7 cm³/mol. The number of benzene rings is 1. The zero-order valence-electron chi connectivity index (χ0n) is 14.4. The molecule has 2 N–H and O–H groups in total. The minimum Gasteiger partial charge on any atom is -0.462 e. The van der Waals surface area contributed by atoms with E-state index in [9.17, 15) is 0 Å². The highest BCUT2D eigenvalue weighted by atomic mass is 16.5. The van der Waals surface area contributed by atoms with Crippen molar-refractivity contribution in [1.29, 1.82) is 0 Å². The van der Waals surface area contributed by atoms with Gasteiger partial charge >= 0.3 is 0 Å². The van der Waals surface area contributed by atoms with E-state index in [-0.39, 0.29) is 18.8 Å². The first kappa shape index (κ1) is 17.0. The molecule has 0 saturated carbocycles. The third-order valence-corrected chi connectivity index (χ3v) is 4.17. The number of nitrogens with one attached hydrogen (secondary N) is 1. The van der Waals surface area contributed by atoms with Crippen molar-refractivity contribution in [3.8, 4) is 0 Å². The van der Waals surface area contributed by atoms with E-state index in [1.807, 2.05) is 6.07 Å². The number of hydrogen-bond donors (Lipinski definition) is 2. The molecule has 1 fully saturated rings. The van der Waals surface area contributed by atoms with Gasteiger partial charge in [-0.3, -0.25) is 4.90 Å². The lowest BCUT2D eigenvalue weighted by molar-refractivity contribution is -0.0704. The predicted octanol–water partition coefficient (Wildman–Crippen LogP) is 2.99. The third-order valence-electron chi connectivity index (χ3n) is 4.17. The standard InChI is InChI=1S/C19H26N2O3/c1-14-10-21(11-15(2)23-14)12-16-4-3-5-17(8-16)20-9-18-6-7-19(13-22)24-18/h3-8,14-15,20,22H,9-13H2,1-2H3/t14-,15-/m0/s1. The van der Waals surface area contributed by atoms with Crippen molar-refractivity contribution in [3.05, 3.63) is 53.5 Å². The Morgan fingerprint density at radius 3 is 2.58 bits per heavy atom. The van der Waals surface area contributed by atoms with E-state index >= 15 is 0 Å². The summed E-state index contributed by atoms with van der Waals surface area (Å²) in [5.74, 6) is 1.41. The van der Waals surface area contributed by atoms with Crippen LogP contribution < -0.4 is 5.32 Å². The molecule has 2 heterocycles. The Labute approximate surface area is 143 Å². The molecule has 0 spiro atoms. The monoisotopic (exact) mass is 330 g/mol. The molecule has 0 bridgehead atoms. The van der Waals surface area contributed by atoms with Crippen LogP contribution in [-0.2, 0) is 24.4 Å². The lowest BCUT2D eigenvalue weighted by atomic mass is 10.1. The van der Waals surface area contributed by atoms with E-state index in [0.717, 1.165) is 31.1 Å². The highest BCUT2D eigenvalue weighted by Crippen LogP contribution is 2.18. The largest absolute Gasteiger partial charge is 0.462 e. The summed E-state index contributed by atoms with van der Waals surface area (Å²) in [7, 11) is 0. The molecule has 3 rings (SSSR count). The van der Waals surface area contributed by atoms with Gasteiger partial charge < -0.3 is 19.6 Å². The van der Waals surface area contributed by atoms with Crippen LogP contribution in [0.15, 0.2) is 40.8 Å². The van der Waals surface area contributed by atoms with Gasteiger partial charge in [0.05, 0.1) is 18.8 Å². The molecule has 1 aliphatic rings. The van der Waals surface area contributed by atoms with Gasteiger partial charge in [-0.25, -0.2) is 0 Å². The molecule has 2 aromatic rings. The van der Waals surface area contributed by atoms with Gasteiger partial charge in [0, 0.05) is 25.3 Å². The van der Waals surface area contributed by atoms with Crippen molar-refractivity contribution in [2.75, 3.05) is 18.4 Å². The number of rotatable bonds is 6. The summed E-state index contributed by atoms with van der Waals surface area (Å²) in [6.45, 7) is 7.68. The third kappa shape index (κ3) is 4.60. The van der Waals surface area contributed by atoms with E-state index in [4.69, 9.17) is 14.3 Å². The van der Waals surface area contributed by atoms with Crippen molar-refractivity contribution in [3.63, 3.8) is 0 Å². The molecule has 1 aromatic heterocycles. The van der Waals surface area contributed by atoms with Crippen LogP contribution in [0.4, 0.5) is 5.69 Å². The van der Waals surface area contributed by atoms with Gasteiger partial charge in [0.15, 0.2) is 0 Å². The number of aliphatic hydroxyl groups is 1. The topological polar surface area (TPSA) is 57.9 Å². The zero-order valence-corrected chi connectivity index (χ0v) is 14.4. The van der Waals surface area contributed by atoms with Crippen molar-refractivity contribution in [2.24, 2.45) is 0 Å². The van der Waals surface area contributed by atoms with Gasteiger partial charge in [0.2, 0.25) is 0 Å². The van der Waals surface area contributed by atoms with Crippen LogP contribution >= 0.6 is 0 Å². The van der Waals surface area contributed by atoms with Crippen LogP contribution in [0.5, 0.6) is 0 Å². The minimum atomic E-state index is -0.0636. The van der Waals surface area contributed by atoms with Gasteiger partial charge in [0.25, 0.3) is 0 Å². The van der Waals surface area contributed by atoms with Crippen LogP contribution in [0.2, 0.25) is 0 Å². The van der Waals surface area contributed by atoms with E-state index in [1.54, 1.807) is 6.07 Å². The minimum absolute atomic E-state index is 0.0636. The lowest BCUT2D eigenvalue weighted by Crippen LogP contribution is -2.44. The first-order valence-corrected chi connectivity index (χ1v) is 8.51. The van der Waals surface area contributed by atoms with Crippen LogP contribution in [0.3, 0.4) is 0 Å². The molecule has 24 heavy (non-hydrogen) atoms. The molecule has 130 valence electrons. The van der Waals surface area contributed by atoms with Gasteiger partial charge in [-0.05, 0) is 43.7 Å². The Kier molecular flexibility index (Phi) is 5.56. The Hall–Kier alpha value is -1.82. The quantitative estimate of drug-likeness (QED) is 0.853. The summed E-state index contributed by atoms with van der Waals surface area (Å²) in [5, 5.41) is 12.4. The molecule has 1 aromatic carbocycles. The number of hydrogen-bond acceptors (Lipinski definition) is 5. The maximum atomic E-state index is 9.04. The Morgan fingerprint density at radius 2 is 1.88 bits per heavy atom. The van der Waals surface area contributed by atoms with Gasteiger partial charge in [-0.15, -0.1) is 0 Å². The van der Waals surface area contributed by atoms with Crippen molar-refractivity contribution in [2.45, 2.75) is 45.8 Å². The number of anilines is 1. The molecule has 0 radical (unpaired) electrons. The first-order chi connectivity index (χ1) is 11.6. The van der Waals surface area contributed by atoms with Crippen LogP contribution in [0.25, 0.3) is 0 Å². The second kappa shape index (κ2) is 7.83. The van der Waals surface area contributed by atoms with E-state index in [2.05, 4.69) is 48.3 Å². The van der Waals surface area contributed by atoms with Gasteiger partial charge in [-0.1, -0.05) is 12.1 Å². The summed E-state index contributed by atoms with van der Waals surface area (Å²) < 4.78 is 11.3. The van der Waals surface area contributed by atoms with Crippen molar-refractivity contribution in [1.82, 2.24) is 4.90 Å². The fourth-order valence-electron chi connectivity index (χ4n) is 3.24. The molecular weight excluding hydrogens is 304 g/mol. The molecule has 5 nitrogen and oxygen atoms in total. The molecule has 2 atom stereocenters. The summed E-state index contributed by atoms with van der Waals surface area (Å²) >= 11 is 0.